The average Bonchev–Trinajstić information content (AvgIpc) is 2.96. The molecular weight excluding hydrogens is 364 g/mol. The maximum atomic E-state index is 10.7. The molecule has 0 atom stereocenters. The number of H-pyrrole nitrogens is 1. The molecular formula is C16H13BrN2O4. The van der Waals surface area contributed by atoms with Crippen molar-refractivity contribution >= 4 is 32.9 Å². The van der Waals surface area contributed by atoms with E-state index in [4.69, 9.17) is 14.6 Å². The first-order chi connectivity index (χ1) is 11.1. The lowest BCUT2D eigenvalue weighted by Gasteiger charge is -2.12. The largest absolute Gasteiger partial charge is 0.493 e. The van der Waals surface area contributed by atoms with Gasteiger partial charge in [0.05, 0.1) is 22.6 Å². The van der Waals surface area contributed by atoms with Crippen molar-refractivity contribution in [1.82, 2.24) is 9.97 Å². The number of imidazole rings is 1. The number of fused-ring (bicyclic) bond motifs is 1. The highest BCUT2D eigenvalue weighted by Gasteiger charge is 2.15. The zero-order chi connectivity index (χ0) is 16.4. The van der Waals surface area contributed by atoms with Gasteiger partial charge in [-0.2, -0.15) is 0 Å². The monoisotopic (exact) mass is 376 g/mol. The van der Waals surface area contributed by atoms with Crippen molar-refractivity contribution in [3.8, 4) is 22.9 Å². The van der Waals surface area contributed by atoms with Gasteiger partial charge < -0.3 is 19.6 Å². The van der Waals surface area contributed by atoms with Crippen molar-refractivity contribution in [2.75, 3.05) is 13.7 Å². The van der Waals surface area contributed by atoms with Crippen LogP contribution >= 0.6 is 15.9 Å². The Bertz CT molecular complexity index is 843. The zero-order valence-corrected chi connectivity index (χ0v) is 13.8. The molecule has 6 nitrogen and oxygen atoms in total. The van der Waals surface area contributed by atoms with Gasteiger partial charge in [-0.1, -0.05) is 12.1 Å². The number of carbonyl (C=O) groups is 1. The van der Waals surface area contributed by atoms with Crippen molar-refractivity contribution in [2.45, 2.75) is 0 Å². The second-order valence-corrected chi connectivity index (χ2v) is 5.63. The molecule has 0 saturated carbocycles. The highest BCUT2D eigenvalue weighted by molar-refractivity contribution is 9.10. The Morgan fingerprint density at radius 3 is 2.83 bits per heavy atom. The molecule has 0 aliphatic heterocycles. The summed E-state index contributed by atoms with van der Waals surface area (Å²) in [6.07, 6.45) is 0. The summed E-state index contributed by atoms with van der Waals surface area (Å²) in [5.41, 5.74) is 2.60. The number of hydrogen-bond donors (Lipinski definition) is 2. The first-order valence-corrected chi connectivity index (χ1v) is 7.55. The lowest BCUT2D eigenvalue weighted by Crippen LogP contribution is -2.10. The van der Waals surface area contributed by atoms with E-state index >= 15 is 0 Å². The molecule has 7 heteroatoms. The van der Waals surface area contributed by atoms with Gasteiger partial charge in [-0.3, -0.25) is 0 Å². The standard InChI is InChI=1S/C16H13BrN2O4/c1-22-13-7-9(6-10(17)15(13)23-8-14(20)21)16-18-11-4-2-3-5-12(11)19-16/h2-7H,8H2,1H3,(H,18,19)(H,20,21). The molecule has 118 valence electrons. The Balaban J connectivity index is 2.03. The molecule has 0 spiro atoms. The molecule has 0 amide bonds. The van der Waals surface area contributed by atoms with Gasteiger partial charge in [-0.25, -0.2) is 9.78 Å². The SMILES string of the molecule is COc1cc(-c2nc3ccccc3[nH]2)cc(Br)c1OCC(=O)O. The van der Waals surface area contributed by atoms with Crippen LogP contribution in [0, 0.1) is 0 Å². The number of hydrogen-bond acceptors (Lipinski definition) is 4. The number of aromatic nitrogens is 2. The topological polar surface area (TPSA) is 84.4 Å². The molecule has 0 bridgehead atoms. The van der Waals surface area contributed by atoms with Crippen molar-refractivity contribution in [1.29, 1.82) is 0 Å². The number of aromatic amines is 1. The number of nitrogens with one attached hydrogen (secondary N) is 1. The Morgan fingerprint density at radius 2 is 2.13 bits per heavy atom. The van der Waals surface area contributed by atoms with E-state index in [9.17, 15) is 4.79 Å². The third-order valence-corrected chi connectivity index (χ3v) is 3.82. The molecule has 0 aliphatic carbocycles. The molecule has 3 aromatic rings. The summed E-state index contributed by atoms with van der Waals surface area (Å²) in [5.74, 6) is 0.404. The zero-order valence-electron chi connectivity index (χ0n) is 12.2. The molecule has 3 rings (SSSR count). The van der Waals surface area contributed by atoms with Gasteiger partial charge in [0.25, 0.3) is 0 Å². The van der Waals surface area contributed by atoms with Crippen LogP contribution in [0.5, 0.6) is 11.5 Å². The van der Waals surface area contributed by atoms with Gasteiger partial charge in [0.2, 0.25) is 0 Å². The number of para-hydroxylation sites is 2. The highest BCUT2D eigenvalue weighted by Crippen LogP contribution is 2.39. The predicted molar refractivity (Wildman–Crippen MR) is 88.9 cm³/mol. The van der Waals surface area contributed by atoms with E-state index in [2.05, 4.69) is 25.9 Å². The predicted octanol–water partition coefficient (Wildman–Crippen LogP) is 3.46. The minimum absolute atomic E-state index is 0.342. The highest BCUT2D eigenvalue weighted by atomic mass is 79.9. The third kappa shape index (κ3) is 3.14. The second-order valence-electron chi connectivity index (χ2n) is 4.77. The van der Waals surface area contributed by atoms with Crippen LogP contribution < -0.4 is 9.47 Å². The molecule has 1 heterocycles. The minimum Gasteiger partial charge on any atom is -0.493 e. The van der Waals surface area contributed by atoms with Gasteiger partial charge >= 0.3 is 5.97 Å². The summed E-state index contributed by atoms with van der Waals surface area (Å²) in [6.45, 7) is -0.445. The van der Waals surface area contributed by atoms with Gasteiger partial charge in [0, 0.05) is 5.56 Å². The van der Waals surface area contributed by atoms with E-state index in [1.54, 1.807) is 12.1 Å². The normalized spacial score (nSPS) is 10.7. The molecule has 0 fully saturated rings. The van der Waals surface area contributed by atoms with Gasteiger partial charge in [-0.15, -0.1) is 0 Å². The molecule has 2 N–H and O–H groups in total. The molecule has 0 aliphatic rings. The summed E-state index contributed by atoms with van der Waals surface area (Å²) in [5, 5.41) is 8.75. The number of halogens is 1. The number of carboxylic acids is 1. The van der Waals surface area contributed by atoms with Crippen LogP contribution in [0.15, 0.2) is 40.9 Å². The fourth-order valence-electron chi connectivity index (χ4n) is 2.22. The third-order valence-electron chi connectivity index (χ3n) is 3.23. The van der Waals surface area contributed by atoms with Crippen LogP contribution in [0.4, 0.5) is 0 Å². The van der Waals surface area contributed by atoms with E-state index < -0.39 is 12.6 Å². The number of carboxylic acid groups (broad SMARTS) is 1. The Morgan fingerprint density at radius 1 is 1.35 bits per heavy atom. The number of rotatable bonds is 5. The smallest absolute Gasteiger partial charge is 0.341 e. The first-order valence-electron chi connectivity index (χ1n) is 6.75. The first kappa shape index (κ1) is 15.4. The number of benzene rings is 2. The Labute approximate surface area is 140 Å². The number of nitrogens with zero attached hydrogens (tertiary/aromatic N) is 1. The molecule has 23 heavy (non-hydrogen) atoms. The van der Waals surface area contributed by atoms with Crippen molar-refractivity contribution in [3.05, 3.63) is 40.9 Å². The minimum atomic E-state index is -1.06. The number of methoxy groups -OCH3 is 1. The van der Waals surface area contributed by atoms with E-state index in [0.717, 1.165) is 16.6 Å². The second kappa shape index (κ2) is 6.29. The lowest BCUT2D eigenvalue weighted by molar-refractivity contribution is -0.139. The van der Waals surface area contributed by atoms with Crippen LogP contribution in [-0.4, -0.2) is 34.8 Å². The summed E-state index contributed by atoms with van der Waals surface area (Å²) in [7, 11) is 1.50. The molecule has 0 radical (unpaired) electrons. The maximum Gasteiger partial charge on any atom is 0.341 e. The average molecular weight is 377 g/mol. The summed E-state index contributed by atoms with van der Waals surface area (Å²) < 4.78 is 11.2. The van der Waals surface area contributed by atoms with Crippen LogP contribution in [0.3, 0.4) is 0 Å². The van der Waals surface area contributed by atoms with Crippen LogP contribution in [0.25, 0.3) is 22.4 Å². The van der Waals surface area contributed by atoms with Crippen LogP contribution in [0.2, 0.25) is 0 Å². The maximum absolute atomic E-state index is 10.7. The summed E-state index contributed by atoms with van der Waals surface area (Å²) in [6, 6.07) is 11.3. The summed E-state index contributed by atoms with van der Waals surface area (Å²) >= 11 is 3.39. The van der Waals surface area contributed by atoms with Gasteiger partial charge in [0.1, 0.15) is 5.82 Å². The van der Waals surface area contributed by atoms with E-state index in [1.807, 2.05) is 24.3 Å². The molecule has 0 saturated heterocycles. The van der Waals surface area contributed by atoms with Crippen molar-refractivity contribution < 1.29 is 19.4 Å². The summed E-state index contributed by atoms with van der Waals surface area (Å²) in [4.78, 5) is 18.4. The van der Waals surface area contributed by atoms with Gasteiger partial charge in [-0.05, 0) is 40.2 Å². The molecule has 1 aromatic heterocycles. The van der Waals surface area contributed by atoms with E-state index in [1.165, 1.54) is 7.11 Å². The number of aliphatic carboxylic acids is 1. The fraction of sp³-hybridized carbons (Fsp3) is 0.125. The van der Waals surface area contributed by atoms with Gasteiger partial charge in [0.15, 0.2) is 18.1 Å². The van der Waals surface area contributed by atoms with Crippen LogP contribution in [-0.2, 0) is 4.79 Å². The van der Waals surface area contributed by atoms with Crippen molar-refractivity contribution in [3.63, 3.8) is 0 Å². The Hall–Kier alpha value is -2.54. The van der Waals surface area contributed by atoms with Crippen LogP contribution in [0.1, 0.15) is 0 Å². The quantitative estimate of drug-likeness (QED) is 0.712. The molecule has 2 aromatic carbocycles. The van der Waals surface area contributed by atoms with E-state index in [-0.39, 0.29) is 0 Å². The van der Waals surface area contributed by atoms with Crippen molar-refractivity contribution in [2.24, 2.45) is 0 Å². The van der Waals surface area contributed by atoms with E-state index in [0.29, 0.717) is 21.8 Å². The molecule has 0 unspecified atom stereocenters. The lowest BCUT2D eigenvalue weighted by atomic mass is 10.2. The Kier molecular flexibility index (Phi) is 4.20. The number of ether oxygens (including phenoxy) is 2. The fourth-order valence-corrected chi connectivity index (χ4v) is 2.78.